The fourth-order valence-electron chi connectivity index (χ4n) is 3.26. The molecule has 0 spiro atoms. The Balaban J connectivity index is 2.61. The van der Waals surface area contributed by atoms with E-state index in [0.717, 1.165) is 42.4 Å². The van der Waals surface area contributed by atoms with Crippen LogP contribution in [0, 0.1) is 19.7 Å². The molecule has 0 radical (unpaired) electrons. The van der Waals surface area contributed by atoms with Crippen LogP contribution in [0.25, 0.3) is 0 Å². The fraction of sp³-hybridized carbons (Fsp3) is 0.600. The first-order valence-corrected chi connectivity index (χ1v) is 7.05. The Labute approximate surface area is 114 Å². The van der Waals surface area contributed by atoms with Crippen LogP contribution in [-0.2, 0) is 5.41 Å². The first-order valence-electron chi connectivity index (χ1n) is 6.67. The smallest absolute Gasteiger partial charge is 0.145 e. The Hall–Kier alpha value is -0.600. The van der Waals surface area contributed by atoms with Crippen LogP contribution < -0.4 is 5.73 Å². The first-order chi connectivity index (χ1) is 8.52. The zero-order valence-corrected chi connectivity index (χ0v) is 11.9. The standard InChI is InChI=1S/C15H21ClFN/c1-10-8-12(16)14(17)13(11(10)2)15(9-18)6-4-3-5-7-15/h8H,3-7,9,18H2,1-2H3. The van der Waals surface area contributed by atoms with Gasteiger partial charge in [0.15, 0.2) is 0 Å². The summed E-state index contributed by atoms with van der Waals surface area (Å²) in [7, 11) is 0. The van der Waals surface area contributed by atoms with Crippen molar-refractivity contribution in [1.82, 2.24) is 0 Å². The van der Waals surface area contributed by atoms with E-state index in [-0.39, 0.29) is 16.3 Å². The van der Waals surface area contributed by atoms with E-state index in [1.807, 2.05) is 13.8 Å². The highest BCUT2D eigenvalue weighted by Crippen LogP contribution is 2.43. The van der Waals surface area contributed by atoms with E-state index < -0.39 is 0 Å². The number of benzene rings is 1. The molecule has 0 atom stereocenters. The SMILES string of the molecule is Cc1cc(Cl)c(F)c(C2(CN)CCCCC2)c1C. The maximum atomic E-state index is 14.5. The van der Waals surface area contributed by atoms with Gasteiger partial charge in [-0.1, -0.05) is 30.9 Å². The van der Waals surface area contributed by atoms with Crippen LogP contribution >= 0.6 is 11.6 Å². The minimum atomic E-state index is -0.257. The molecule has 0 heterocycles. The minimum Gasteiger partial charge on any atom is -0.330 e. The Morgan fingerprint density at radius 2 is 1.89 bits per heavy atom. The third kappa shape index (κ3) is 2.17. The highest BCUT2D eigenvalue weighted by atomic mass is 35.5. The molecule has 1 saturated carbocycles. The molecule has 1 aliphatic rings. The van der Waals surface area contributed by atoms with Crippen molar-refractivity contribution in [3.05, 3.63) is 33.6 Å². The van der Waals surface area contributed by atoms with Gasteiger partial charge in [0.2, 0.25) is 0 Å². The maximum absolute atomic E-state index is 14.5. The van der Waals surface area contributed by atoms with E-state index in [9.17, 15) is 4.39 Å². The van der Waals surface area contributed by atoms with Gasteiger partial charge in [-0.25, -0.2) is 4.39 Å². The van der Waals surface area contributed by atoms with Crippen LogP contribution in [-0.4, -0.2) is 6.54 Å². The van der Waals surface area contributed by atoms with E-state index in [1.54, 1.807) is 6.07 Å². The topological polar surface area (TPSA) is 26.0 Å². The van der Waals surface area contributed by atoms with E-state index in [1.165, 1.54) is 6.42 Å². The molecule has 0 unspecified atom stereocenters. The highest BCUT2D eigenvalue weighted by Gasteiger charge is 2.37. The fourth-order valence-corrected chi connectivity index (χ4v) is 3.52. The van der Waals surface area contributed by atoms with Crippen molar-refractivity contribution in [3.63, 3.8) is 0 Å². The van der Waals surface area contributed by atoms with Gasteiger partial charge in [0.25, 0.3) is 0 Å². The van der Waals surface area contributed by atoms with Gasteiger partial charge in [0, 0.05) is 12.0 Å². The molecule has 2 rings (SSSR count). The highest BCUT2D eigenvalue weighted by molar-refractivity contribution is 6.30. The monoisotopic (exact) mass is 269 g/mol. The number of rotatable bonds is 2. The van der Waals surface area contributed by atoms with Crippen LogP contribution in [0.15, 0.2) is 6.07 Å². The molecule has 18 heavy (non-hydrogen) atoms. The van der Waals surface area contributed by atoms with Gasteiger partial charge < -0.3 is 5.73 Å². The third-order valence-electron chi connectivity index (χ3n) is 4.47. The van der Waals surface area contributed by atoms with Gasteiger partial charge in [-0.3, -0.25) is 0 Å². The molecule has 1 aromatic carbocycles. The summed E-state index contributed by atoms with van der Waals surface area (Å²) in [5, 5.41) is 0.228. The predicted molar refractivity (Wildman–Crippen MR) is 74.7 cm³/mol. The summed E-state index contributed by atoms with van der Waals surface area (Å²) in [4.78, 5) is 0. The van der Waals surface area contributed by atoms with Crippen LogP contribution in [0.1, 0.15) is 48.8 Å². The average Bonchev–Trinajstić information content (AvgIpc) is 2.38. The Kier molecular flexibility index (Phi) is 3.98. The predicted octanol–water partition coefficient (Wildman–Crippen LogP) is 4.26. The van der Waals surface area contributed by atoms with E-state index in [0.29, 0.717) is 6.54 Å². The molecule has 0 aliphatic heterocycles. The second-order valence-corrected chi connectivity index (χ2v) is 5.94. The number of hydrogen-bond acceptors (Lipinski definition) is 1. The summed E-state index contributed by atoms with van der Waals surface area (Å²) in [6.45, 7) is 4.47. The molecule has 100 valence electrons. The van der Waals surface area contributed by atoms with Crippen molar-refractivity contribution < 1.29 is 4.39 Å². The molecule has 2 N–H and O–H groups in total. The molecule has 1 nitrogen and oxygen atoms in total. The minimum absolute atomic E-state index is 0.206. The van der Waals surface area contributed by atoms with Crippen LogP contribution in [0.4, 0.5) is 4.39 Å². The molecule has 0 saturated heterocycles. The second-order valence-electron chi connectivity index (χ2n) is 5.53. The summed E-state index contributed by atoms with van der Waals surface area (Å²) < 4.78 is 14.5. The van der Waals surface area contributed by atoms with Crippen LogP contribution in [0.5, 0.6) is 0 Å². The lowest BCUT2D eigenvalue weighted by molar-refractivity contribution is 0.290. The zero-order valence-electron chi connectivity index (χ0n) is 11.2. The molecular formula is C15H21ClFN. The Morgan fingerprint density at radius 1 is 1.28 bits per heavy atom. The third-order valence-corrected chi connectivity index (χ3v) is 4.75. The summed E-state index contributed by atoms with van der Waals surface area (Å²) in [6.07, 6.45) is 5.42. The van der Waals surface area contributed by atoms with Gasteiger partial charge in [-0.05, 0) is 49.4 Å². The van der Waals surface area contributed by atoms with Gasteiger partial charge in [0.1, 0.15) is 5.82 Å². The summed E-state index contributed by atoms with van der Waals surface area (Å²) in [5.41, 5.74) is 8.63. The van der Waals surface area contributed by atoms with Gasteiger partial charge in [0.05, 0.1) is 5.02 Å². The van der Waals surface area contributed by atoms with Crippen molar-refractivity contribution in [1.29, 1.82) is 0 Å². The van der Waals surface area contributed by atoms with Crippen LogP contribution in [0.2, 0.25) is 5.02 Å². The van der Waals surface area contributed by atoms with Crippen molar-refractivity contribution in [2.75, 3.05) is 6.54 Å². The first kappa shape index (κ1) is 13.8. The molecule has 0 bridgehead atoms. The van der Waals surface area contributed by atoms with Crippen LogP contribution in [0.3, 0.4) is 0 Å². The normalized spacial score (nSPS) is 18.9. The number of nitrogens with two attached hydrogens (primary N) is 1. The van der Waals surface area contributed by atoms with Gasteiger partial charge >= 0.3 is 0 Å². The lowest BCUT2D eigenvalue weighted by atomic mass is 9.67. The molecule has 0 aromatic heterocycles. The van der Waals surface area contributed by atoms with Crippen molar-refractivity contribution >= 4 is 11.6 Å². The number of halogens is 2. The molecule has 3 heteroatoms. The number of hydrogen-bond donors (Lipinski definition) is 1. The summed E-state index contributed by atoms with van der Waals surface area (Å²) >= 11 is 6.01. The summed E-state index contributed by atoms with van der Waals surface area (Å²) in [6, 6.07) is 1.71. The Morgan fingerprint density at radius 3 is 2.44 bits per heavy atom. The van der Waals surface area contributed by atoms with Gasteiger partial charge in [-0.15, -0.1) is 0 Å². The lowest BCUT2D eigenvalue weighted by Gasteiger charge is -2.38. The van der Waals surface area contributed by atoms with E-state index >= 15 is 0 Å². The molecule has 1 aliphatic carbocycles. The van der Waals surface area contributed by atoms with Gasteiger partial charge in [-0.2, -0.15) is 0 Å². The van der Waals surface area contributed by atoms with Crippen molar-refractivity contribution in [3.8, 4) is 0 Å². The number of aryl methyl sites for hydroxylation is 1. The largest absolute Gasteiger partial charge is 0.330 e. The molecular weight excluding hydrogens is 249 g/mol. The molecule has 1 fully saturated rings. The lowest BCUT2D eigenvalue weighted by Crippen LogP contribution is -2.39. The second kappa shape index (κ2) is 5.18. The molecule has 1 aromatic rings. The average molecular weight is 270 g/mol. The summed E-state index contributed by atoms with van der Waals surface area (Å²) in [5.74, 6) is -0.257. The zero-order chi connectivity index (χ0) is 13.3. The maximum Gasteiger partial charge on any atom is 0.145 e. The Bertz CT molecular complexity index is 424. The molecule has 0 amide bonds. The van der Waals surface area contributed by atoms with E-state index in [4.69, 9.17) is 17.3 Å². The van der Waals surface area contributed by atoms with Crippen molar-refractivity contribution in [2.45, 2.75) is 51.4 Å². The van der Waals surface area contributed by atoms with Crippen molar-refractivity contribution in [2.24, 2.45) is 5.73 Å². The van der Waals surface area contributed by atoms with E-state index in [2.05, 4.69) is 0 Å². The quantitative estimate of drug-likeness (QED) is 0.853.